The standard InChI is InChI=1S/C61H75F3O13SSi/c1-60(2,3)79(4,5)77-45-55(72-38-48-28-16-8-17-29-48)59(75-41-51-34-22-11-23-35-51)57(73-39-49-30-18-9-19-31-49)52(65)42-69-43-53(70-36-46-24-12-6-13-25-46)56(66)58(74-40-50-32-20-10-21-33-50)54(44-76-78(67,68)61(62,63)64)71-37-47-26-14-7-15-27-47/h6-35,52-59,65-66H,36-45H2,1-5H3/t52-,53-,54-,55-,56-,57-,58-,59-/m1/s1. The molecule has 0 unspecified atom stereocenters. The first-order valence-corrected chi connectivity index (χ1v) is 30.6. The van der Waals surface area contributed by atoms with Crippen LogP contribution in [0.3, 0.4) is 0 Å². The minimum Gasteiger partial charge on any atom is -0.414 e. The van der Waals surface area contributed by atoms with Crippen molar-refractivity contribution in [2.75, 3.05) is 26.4 Å². The van der Waals surface area contributed by atoms with E-state index in [9.17, 15) is 31.8 Å². The number of ether oxygens (including phenoxy) is 7. The Bertz CT molecular complexity index is 2710. The zero-order chi connectivity index (χ0) is 56.7. The molecule has 0 bridgehead atoms. The molecular weight excluding hydrogens is 1060 g/mol. The highest BCUT2D eigenvalue weighted by atomic mass is 32.2. The average molecular weight is 1130 g/mol. The molecule has 0 aliphatic heterocycles. The van der Waals surface area contributed by atoms with Crippen LogP contribution < -0.4 is 0 Å². The third-order valence-electron chi connectivity index (χ3n) is 13.6. The number of rotatable bonds is 34. The molecule has 0 fully saturated rings. The lowest BCUT2D eigenvalue weighted by Crippen LogP contribution is -2.53. The van der Waals surface area contributed by atoms with Crippen LogP contribution >= 0.6 is 0 Å². The van der Waals surface area contributed by atoms with Gasteiger partial charge in [0.05, 0.1) is 66.1 Å². The predicted octanol–water partition coefficient (Wildman–Crippen LogP) is 11.1. The summed E-state index contributed by atoms with van der Waals surface area (Å²) in [5.41, 5.74) is -1.27. The summed E-state index contributed by atoms with van der Waals surface area (Å²) in [4.78, 5) is 0. The van der Waals surface area contributed by atoms with Crippen molar-refractivity contribution < 1.29 is 73.6 Å². The largest absolute Gasteiger partial charge is 0.523 e. The zero-order valence-corrected chi connectivity index (χ0v) is 47.3. The van der Waals surface area contributed by atoms with Crippen LogP contribution in [0.5, 0.6) is 0 Å². The van der Waals surface area contributed by atoms with Crippen molar-refractivity contribution in [1.82, 2.24) is 0 Å². The van der Waals surface area contributed by atoms with Crippen LogP contribution in [0, 0.1) is 0 Å². The summed E-state index contributed by atoms with van der Waals surface area (Å²) in [5, 5.41) is 25.0. The summed E-state index contributed by atoms with van der Waals surface area (Å²) < 4.78 is 123. The number of alkyl halides is 3. The van der Waals surface area contributed by atoms with Crippen molar-refractivity contribution in [2.24, 2.45) is 0 Å². The van der Waals surface area contributed by atoms with Crippen molar-refractivity contribution in [3.05, 3.63) is 215 Å². The van der Waals surface area contributed by atoms with Crippen molar-refractivity contribution in [1.29, 1.82) is 0 Å². The molecule has 0 aliphatic rings. The summed E-state index contributed by atoms with van der Waals surface area (Å²) in [6.45, 7) is 8.60. The summed E-state index contributed by atoms with van der Waals surface area (Å²) in [5.74, 6) is 0. The van der Waals surface area contributed by atoms with E-state index in [0.29, 0.717) is 16.7 Å². The summed E-state index contributed by atoms with van der Waals surface area (Å²) in [6.07, 6.45) is -10.8. The van der Waals surface area contributed by atoms with Crippen molar-refractivity contribution >= 4 is 18.4 Å². The van der Waals surface area contributed by atoms with Crippen LogP contribution in [0.25, 0.3) is 0 Å². The molecule has 0 saturated heterocycles. The Morgan fingerprint density at radius 1 is 0.430 bits per heavy atom. The number of aliphatic hydroxyl groups excluding tert-OH is 2. The van der Waals surface area contributed by atoms with E-state index in [1.165, 1.54) is 0 Å². The van der Waals surface area contributed by atoms with Crippen LogP contribution in [0.15, 0.2) is 182 Å². The first-order chi connectivity index (χ1) is 37.8. The molecule has 6 aromatic carbocycles. The number of benzene rings is 6. The third kappa shape index (κ3) is 20.7. The van der Waals surface area contributed by atoms with E-state index < -0.39 is 92.6 Å². The second-order valence-electron chi connectivity index (χ2n) is 20.6. The summed E-state index contributed by atoms with van der Waals surface area (Å²) >= 11 is 0. The van der Waals surface area contributed by atoms with Crippen LogP contribution in [0.4, 0.5) is 13.2 Å². The van der Waals surface area contributed by atoms with Gasteiger partial charge >= 0.3 is 15.6 Å². The van der Waals surface area contributed by atoms with Gasteiger partial charge in [0.25, 0.3) is 0 Å². The van der Waals surface area contributed by atoms with Crippen LogP contribution in [0.2, 0.25) is 18.1 Å². The molecule has 0 radical (unpaired) electrons. The van der Waals surface area contributed by atoms with E-state index in [1.54, 1.807) is 84.9 Å². The molecule has 13 nitrogen and oxygen atoms in total. The highest BCUT2D eigenvalue weighted by Crippen LogP contribution is 2.37. The van der Waals surface area contributed by atoms with E-state index in [2.05, 4.69) is 38.0 Å². The third-order valence-corrected chi connectivity index (χ3v) is 19.1. The van der Waals surface area contributed by atoms with E-state index in [1.807, 2.05) is 97.1 Å². The Morgan fingerprint density at radius 3 is 1.10 bits per heavy atom. The van der Waals surface area contributed by atoms with E-state index in [0.717, 1.165) is 16.7 Å². The van der Waals surface area contributed by atoms with Gasteiger partial charge in [0.15, 0.2) is 8.32 Å². The van der Waals surface area contributed by atoms with Gasteiger partial charge in [-0.15, -0.1) is 0 Å². The number of aliphatic hydroxyl groups is 2. The number of hydrogen-bond acceptors (Lipinski definition) is 13. The fraction of sp³-hybridized carbons (Fsp3) is 0.410. The van der Waals surface area contributed by atoms with Gasteiger partial charge in [-0.1, -0.05) is 203 Å². The van der Waals surface area contributed by atoms with Gasteiger partial charge in [0, 0.05) is 0 Å². The van der Waals surface area contributed by atoms with Crippen LogP contribution in [0.1, 0.15) is 54.2 Å². The fourth-order valence-electron chi connectivity index (χ4n) is 7.96. The van der Waals surface area contributed by atoms with Gasteiger partial charge in [-0.2, -0.15) is 21.6 Å². The first-order valence-electron chi connectivity index (χ1n) is 26.3. The Hall–Kier alpha value is -5.16. The quantitative estimate of drug-likeness (QED) is 0.0224. The normalized spacial score (nSPS) is 15.6. The van der Waals surface area contributed by atoms with E-state index in [4.69, 9.17) is 37.6 Å². The molecule has 0 spiro atoms. The maximum Gasteiger partial charge on any atom is 0.523 e. The van der Waals surface area contributed by atoms with Crippen LogP contribution in [-0.2, 0) is 91.5 Å². The number of hydrogen-bond donors (Lipinski definition) is 2. The minimum absolute atomic E-state index is 0.0563. The first kappa shape index (κ1) is 63.0. The molecule has 2 N–H and O–H groups in total. The SMILES string of the molecule is CC(C)(C)[Si](C)(C)OC[C@@H](OCc1ccccc1)[C@@H](OCc1ccccc1)[C@H](OCc1ccccc1)[C@H](O)COC[C@@H](OCc1ccccc1)[C@@H](O)[C@H](OCc1ccccc1)[C@@H](COS(=O)(=O)C(F)(F)F)OCc1ccccc1. The fourth-order valence-corrected chi connectivity index (χ4v) is 9.42. The maximum atomic E-state index is 13.8. The van der Waals surface area contributed by atoms with Crippen molar-refractivity contribution in [3.8, 4) is 0 Å². The van der Waals surface area contributed by atoms with Gasteiger partial charge in [-0.25, -0.2) is 0 Å². The van der Waals surface area contributed by atoms with E-state index in [-0.39, 0.29) is 51.3 Å². The molecule has 0 heterocycles. The molecular formula is C61H75F3O13SSi. The molecule has 18 heteroatoms. The molecule has 0 saturated carbocycles. The van der Waals surface area contributed by atoms with Gasteiger partial charge in [-0.05, 0) is 51.5 Å². The molecule has 79 heavy (non-hydrogen) atoms. The van der Waals surface area contributed by atoms with Gasteiger partial charge < -0.3 is 47.8 Å². The second-order valence-corrected chi connectivity index (χ2v) is 27.1. The molecule has 428 valence electrons. The zero-order valence-electron chi connectivity index (χ0n) is 45.4. The average Bonchev–Trinajstić information content (AvgIpc) is 3.44. The Kier molecular flexibility index (Phi) is 24.9. The smallest absolute Gasteiger partial charge is 0.414 e. The Morgan fingerprint density at radius 2 is 0.747 bits per heavy atom. The highest BCUT2D eigenvalue weighted by Gasteiger charge is 2.49. The minimum atomic E-state index is -6.13. The van der Waals surface area contributed by atoms with Gasteiger partial charge in [0.1, 0.15) is 48.8 Å². The molecule has 6 aromatic rings. The molecule has 8 atom stereocenters. The van der Waals surface area contributed by atoms with Gasteiger partial charge in [-0.3, -0.25) is 4.18 Å². The second kappa shape index (κ2) is 31.2. The Balaban J connectivity index is 1.35. The molecule has 0 amide bonds. The monoisotopic (exact) mass is 1130 g/mol. The number of halogens is 3. The lowest BCUT2D eigenvalue weighted by atomic mass is 10.0. The van der Waals surface area contributed by atoms with Crippen LogP contribution in [-0.4, -0.2) is 108 Å². The lowest BCUT2D eigenvalue weighted by molar-refractivity contribution is -0.201. The molecule has 0 aliphatic carbocycles. The molecule has 0 aromatic heterocycles. The maximum absolute atomic E-state index is 13.8. The van der Waals surface area contributed by atoms with Crippen molar-refractivity contribution in [3.63, 3.8) is 0 Å². The Labute approximate surface area is 464 Å². The summed E-state index contributed by atoms with van der Waals surface area (Å²) in [7, 11) is -8.55. The van der Waals surface area contributed by atoms with Gasteiger partial charge in [0.2, 0.25) is 0 Å². The topological polar surface area (TPSA) is 158 Å². The lowest BCUT2D eigenvalue weighted by Gasteiger charge is -2.40. The summed E-state index contributed by atoms with van der Waals surface area (Å²) in [6, 6.07) is 55.1. The molecule has 6 rings (SSSR count). The predicted molar refractivity (Wildman–Crippen MR) is 297 cm³/mol. The highest BCUT2D eigenvalue weighted by molar-refractivity contribution is 7.87. The van der Waals surface area contributed by atoms with Crippen molar-refractivity contribution in [2.45, 2.75) is 133 Å². The van der Waals surface area contributed by atoms with E-state index >= 15 is 0 Å².